The zero-order chi connectivity index (χ0) is 22.6. The fourth-order valence-corrected chi connectivity index (χ4v) is 4.43. The van der Waals surface area contributed by atoms with Gasteiger partial charge in [0.25, 0.3) is 0 Å². The maximum Gasteiger partial charge on any atom is 0.194 e. The number of hydrogen-bond donors (Lipinski definition) is 1. The normalized spacial score (nSPS) is 17.7. The lowest BCUT2D eigenvalue weighted by molar-refractivity contribution is 0.00990. The first-order chi connectivity index (χ1) is 15.7. The molecule has 1 aliphatic heterocycles. The zero-order valence-electron chi connectivity index (χ0n) is 20.5. The predicted octanol–water partition coefficient (Wildman–Crippen LogP) is 4.62. The number of benzene rings is 1. The van der Waals surface area contributed by atoms with Gasteiger partial charge in [-0.05, 0) is 57.9 Å². The Labute approximate surface area is 216 Å². The molecule has 0 atom stereocenters. The molecule has 1 heterocycles. The fraction of sp³-hybridized carbons (Fsp3) is 0.720. The molecular weight excluding hydrogens is 533 g/mol. The molecule has 1 aliphatic carbocycles. The van der Waals surface area contributed by atoms with Crippen molar-refractivity contribution >= 4 is 29.9 Å². The topological polar surface area (TPSA) is 64.6 Å². The van der Waals surface area contributed by atoms with E-state index < -0.39 is 0 Å². The second-order valence-corrected chi connectivity index (χ2v) is 8.55. The lowest BCUT2D eigenvalue weighted by Gasteiger charge is -2.34. The first-order valence-electron chi connectivity index (χ1n) is 12.2. The summed E-state index contributed by atoms with van der Waals surface area (Å²) >= 11 is 0. The lowest BCUT2D eigenvalue weighted by Crippen LogP contribution is -2.47. The molecule has 0 aromatic heterocycles. The van der Waals surface area contributed by atoms with Crippen LogP contribution in [0.3, 0.4) is 0 Å². The van der Waals surface area contributed by atoms with Gasteiger partial charge in [-0.15, -0.1) is 24.0 Å². The quantitative estimate of drug-likeness (QED) is 0.180. The highest BCUT2D eigenvalue weighted by Crippen LogP contribution is 2.35. The summed E-state index contributed by atoms with van der Waals surface area (Å²) in [6, 6.07) is 6.09. The van der Waals surface area contributed by atoms with Crippen molar-refractivity contribution in [3.05, 3.63) is 23.8 Å². The van der Waals surface area contributed by atoms with E-state index in [-0.39, 0.29) is 30.1 Å². The van der Waals surface area contributed by atoms with E-state index in [1.165, 1.54) is 12.8 Å². The number of hydrogen-bond acceptors (Lipinski definition) is 5. The summed E-state index contributed by atoms with van der Waals surface area (Å²) in [6.07, 6.45) is 8.32. The molecule has 0 unspecified atom stereocenters. The molecule has 1 aromatic carbocycles. The highest BCUT2D eigenvalue weighted by Gasteiger charge is 2.23. The standard InChI is InChI=1S/C25H41N3O4.HI/c1-4-26-25(28-15-13-21(14-16-28)31-18-8-17-29-2)27-19-20-9-7-12-23(30-3)24(20)32-22-10-5-6-11-22;/h7,9,12,21-22H,4-6,8,10-11,13-19H2,1-3H3,(H,26,27);1H. The lowest BCUT2D eigenvalue weighted by atomic mass is 10.1. The van der Waals surface area contributed by atoms with E-state index in [0.29, 0.717) is 12.6 Å². The van der Waals surface area contributed by atoms with Crippen molar-refractivity contribution in [2.24, 2.45) is 4.99 Å². The molecule has 3 rings (SSSR count). The minimum absolute atomic E-state index is 0. The highest BCUT2D eigenvalue weighted by atomic mass is 127. The van der Waals surface area contributed by atoms with Gasteiger partial charge >= 0.3 is 0 Å². The average Bonchev–Trinajstić information content (AvgIpc) is 3.34. The molecule has 1 aromatic rings. The number of rotatable bonds is 11. The molecule has 188 valence electrons. The molecular formula is C25H42IN3O4. The number of nitrogens with zero attached hydrogens (tertiary/aromatic N) is 2. The number of para-hydroxylation sites is 1. The van der Waals surface area contributed by atoms with Gasteiger partial charge < -0.3 is 29.2 Å². The minimum Gasteiger partial charge on any atom is -0.493 e. The van der Waals surface area contributed by atoms with Crippen LogP contribution >= 0.6 is 24.0 Å². The summed E-state index contributed by atoms with van der Waals surface area (Å²) in [5.41, 5.74) is 1.07. The summed E-state index contributed by atoms with van der Waals surface area (Å²) in [4.78, 5) is 7.31. The zero-order valence-corrected chi connectivity index (χ0v) is 22.8. The molecule has 0 bridgehead atoms. The number of ether oxygens (including phenoxy) is 4. The van der Waals surface area contributed by atoms with Crippen molar-refractivity contribution in [1.82, 2.24) is 10.2 Å². The van der Waals surface area contributed by atoms with E-state index in [0.717, 1.165) is 88.0 Å². The second kappa shape index (κ2) is 15.6. The van der Waals surface area contributed by atoms with Crippen molar-refractivity contribution in [3.63, 3.8) is 0 Å². The number of methoxy groups -OCH3 is 2. The minimum atomic E-state index is 0. The van der Waals surface area contributed by atoms with Gasteiger partial charge in [-0.3, -0.25) is 0 Å². The maximum absolute atomic E-state index is 6.38. The van der Waals surface area contributed by atoms with Gasteiger partial charge in [0.2, 0.25) is 0 Å². The van der Waals surface area contributed by atoms with Crippen LogP contribution in [0.25, 0.3) is 0 Å². The largest absolute Gasteiger partial charge is 0.493 e. The van der Waals surface area contributed by atoms with Crippen molar-refractivity contribution in [3.8, 4) is 11.5 Å². The van der Waals surface area contributed by atoms with Gasteiger partial charge in [0.05, 0.1) is 25.9 Å². The maximum atomic E-state index is 6.38. The number of piperidine rings is 1. The second-order valence-electron chi connectivity index (χ2n) is 8.55. The smallest absolute Gasteiger partial charge is 0.194 e. The van der Waals surface area contributed by atoms with Crippen LogP contribution in [0.5, 0.6) is 11.5 Å². The Morgan fingerprint density at radius 2 is 1.82 bits per heavy atom. The Bertz CT molecular complexity index is 705. The van der Waals surface area contributed by atoms with Crippen molar-refractivity contribution in [1.29, 1.82) is 0 Å². The molecule has 1 saturated carbocycles. The third-order valence-electron chi connectivity index (χ3n) is 6.19. The van der Waals surface area contributed by atoms with Crippen LogP contribution in [0.15, 0.2) is 23.2 Å². The number of halogens is 1. The molecule has 0 spiro atoms. The van der Waals surface area contributed by atoms with Crippen LogP contribution in [0.1, 0.15) is 57.4 Å². The van der Waals surface area contributed by atoms with E-state index in [4.69, 9.17) is 23.9 Å². The van der Waals surface area contributed by atoms with Crippen LogP contribution in [0, 0.1) is 0 Å². The van der Waals surface area contributed by atoms with Crippen LogP contribution < -0.4 is 14.8 Å². The molecule has 2 fully saturated rings. The Balaban J connectivity index is 0.00000385. The number of guanidine groups is 1. The van der Waals surface area contributed by atoms with E-state index in [1.54, 1.807) is 14.2 Å². The number of nitrogens with one attached hydrogen (secondary N) is 1. The van der Waals surface area contributed by atoms with Crippen LogP contribution in [-0.4, -0.2) is 70.1 Å². The molecule has 1 N–H and O–H groups in total. The summed E-state index contributed by atoms with van der Waals surface area (Å²) < 4.78 is 23.1. The molecule has 0 amide bonds. The van der Waals surface area contributed by atoms with E-state index in [9.17, 15) is 0 Å². The van der Waals surface area contributed by atoms with Gasteiger partial charge in [0.1, 0.15) is 0 Å². The first-order valence-corrected chi connectivity index (χ1v) is 12.2. The van der Waals surface area contributed by atoms with E-state index in [2.05, 4.69) is 23.2 Å². The van der Waals surface area contributed by atoms with E-state index in [1.807, 2.05) is 12.1 Å². The van der Waals surface area contributed by atoms with Gasteiger partial charge in [0, 0.05) is 45.5 Å². The monoisotopic (exact) mass is 575 g/mol. The summed E-state index contributed by atoms with van der Waals surface area (Å²) in [7, 11) is 3.44. The van der Waals surface area contributed by atoms with Gasteiger partial charge in [-0.25, -0.2) is 4.99 Å². The van der Waals surface area contributed by atoms with Crippen molar-refractivity contribution < 1.29 is 18.9 Å². The highest BCUT2D eigenvalue weighted by molar-refractivity contribution is 14.0. The Kier molecular flexibility index (Phi) is 13.2. The van der Waals surface area contributed by atoms with Crippen molar-refractivity contribution in [2.75, 3.05) is 47.1 Å². The Morgan fingerprint density at radius 1 is 1.06 bits per heavy atom. The number of aliphatic imine (C=N–C) groups is 1. The summed E-state index contributed by atoms with van der Waals surface area (Å²) in [5, 5.41) is 3.47. The third-order valence-corrected chi connectivity index (χ3v) is 6.19. The SMILES string of the molecule is CCNC(=NCc1cccc(OC)c1OC1CCCC1)N1CCC(OCCCOC)CC1.I. The molecule has 8 heteroatoms. The summed E-state index contributed by atoms with van der Waals surface area (Å²) in [5.74, 6) is 2.60. The summed E-state index contributed by atoms with van der Waals surface area (Å²) in [6.45, 7) is 6.94. The molecule has 2 aliphatic rings. The first kappa shape index (κ1) is 28.0. The Hall–Kier alpha value is -1.26. The molecule has 7 nitrogen and oxygen atoms in total. The van der Waals surface area contributed by atoms with Gasteiger partial charge in [-0.1, -0.05) is 12.1 Å². The molecule has 0 radical (unpaired) electrons. The van der Waals surface area contributed by atoms with Gasteiger partial charge in [-0.2, -0.15) is 0 Å². The van der Waals surface area contributed by atoms with Crippen LogP contribution in [0.2, 0.25) is 0 Å². The van der Waals surface area contributed by atoms with Crippen LogP contribution in [-0.2, 0) is 16.0 Å². The van der Waals surface area contributed by atoms with E-state index >= 15 is 0 Å². The number of likely N-dealkylation sites (tertiary alicyclic amines) is 1. The Morgan fingerprint density at radius 3 is 2.48 bits per heavy atom. The third kappa shape index (κ3) is 8.79. The fourth-order valence-electron chi connectivity index (χ4n) is 4.43. The average molecular weight is 576 g/mol. The molecule has 1 saturated heterocycles. The van der Waals surface area contributed by atoms with Crippen LogP contribution in [0.4, 0.5) is 0 Å². The molecule has 33 heavy (non-hydrogen) atoms. The van der Waals surface area contributed by atoms with Gasteiger partial charge in [0.15, 0.2) is 17.5 Å². The predicted molar refractivity (Wildman–Crippen MR) is 143 cm³/mol. The van der Waals surface area contributed by atoms with Crippen molar-refractivity contribution in [2.45, 2.75) is 70.6 Å².